The van der Waals surface area contributed by atoms with Crippen LogP contribution in [0.4, 0.5) is 0 Å². The molecule has 1 unspecified atom stereocenters. The van der Waals surface area contributed by atoms with Gasteiger partial charge in [0, 0.05) is 6.04 Å². The maximum Gasteiger partial charge on any atom is 0.127 e. The Hall–Kier alpha value is -2.31. The lowest BCUT2D eigenvalue weighted by Crippen LogP contribution is -2.04. The van der Waals surface area contributed by atoms with E-state index >= 15 is 0 Å². The van der Waals surface area contributed by atoms with E-state index in [-0.39, 0.29) is 6.04 Å². The summed E-state index contributed by atoms with van der Waals surface area (Å²) in [6.45, 7) is 1.93. The molecule has 18 heavy (non-hydrogen) atoms. The molecule has 3 heteroatoms. The van der Waals surface area contributed by atoms with Crippen molar-refractivity contribution in [3.63, 3.8) is 0 Å². The number of hydrogen-bond acceptors (Lipinski definition) is 3. The van der Waals surface area contributed by atoms with Crippen molar-refractivity contribution in [2.75, 3.05) is 0 Å². The summed E-state index contributed by atoms with van der Waals surface area (Å²) in [7, 11) is 0. The van der Waals surface area contributed by atoms with Crippen molar-refractivity contribution in [1.82, 2.24) is 0 Å². The van der Waals surface area contributed by atoms with Crippen LogP contribution < -0.4 is 10.5 Å². The normalized spacial score (nSPS) is 11.6. The molecule has 0 heterocycles. The van der Waals surface area contributed by atoms with Crippen molar-refractivity contribution in [2.24, 2.45) is 5.73 Å². The molecule has 0 fully saturated rings. The van der Waals surface area contributed by atoms with E-state index in [1.54, 1.807) is 24.3 Å². The maximum atomic E-state index is 8.71. The third-order valence-corrected chi connectivity index (χ3v) is 2.60. The van der Waals surface area contributed by atoms with Crippen molar-refractivity contribution in [1.29, 1.82) is 5.26 Å². The minimum atomic E-state index is -0.0190. The van der Waals surface area contributed by atoms with Gasteiger partial charge in [-0.05, 0) is 48.9 Å². The molecule has 2 aromatic carbocycles. The fourth-order valence-corrected chi connectivity index (χ4v) is 1.59. The lowest BCUT2D eigenvalue weighted by Gasteiger charge is -2.09. The minimum Gasteiger partial charge on any atom is -0.457 e. The molecule has 3 nitrogen and oxygen atoms in total. The predicted octanol–water partition coefficient (Wildman–Crippen LogP) is 3.37. The summed E-state index contributed by atoms with van der Waals surface area (Å²) in [5.41, 5.74) is 7.47. The highest BCUT2D eigenvalue weighted by Gasteiger charge is 2.02. The summed E-state index contributed by atoms with van der Waals surface area (Å²) in [6, 6.07) is 16.7. The van der Waals surface area contributed by atoms with Crippen LogP contribution in [0.25, 0.3) is 0 Å². The van der Waals surface area contributed by atoms with Crippen molar-refractivity contribution < 1.29 is 4.74 Å². The third-order valence-electron chi connectivity index (χ3n) is 2.60. The van der Waals surface area contributed by atoms with Crippen molar-refractivity contribution >= 4 is 0 Å². The average Bonchev–Trinajstić information content (AvgIpc) is 2.40. The molecule has 2 rings (SSSR count). The fraction of sp³-hybridized carbons (Fsp3) is 0.133. The van der Waals surface area contributed by atoms with Gasteiger partial charge >= 0.3 is 0 Å². The van der Waals surface area contributed by atoms with Gasteiger partial charge in [-0.1, -0.05) is 12.1 Å². The molecule has 90 valence electrons. The molecular weight excluding hydrogens is 224 g/mol. The van der Waals surface area contributed by atoms with Crippen LogP contribution in [0.5, 0.6) is 11.5 Å². The molecule has 0 aromatic heterocycles. The zero-order chi connectivity index (χ0) is 13.0. The van der Waals surface area contributed by atoms with Gasteiger partial charge in [-0.15, -0.1) is 0 Å². The summed E-state index contributed by atoms with van der Waals surface area (Å²) >= 11 is 0. The van der Waals surface area contributed by atoms with Gasteiger partial charge in [0.15, 0.2) is 0 Å². The first-order chi connectivity index (χ1) is 8.69. The molecule has 2 N–H and O–H groups in total. The third kappa shape index (κ3) is 2.88. The molecule has 0 amide bonds. The highest BCUT2D eigenvalue weighted by Crippen LogP contribution is 2.24. The second-order valence-electron chi connectivity index (χ2n) is 4.10. The highest BCUT2D eigenvalue weighted by molar-refractivity contribution is 5.38. The molecule has 0 saturated carbocycles. The molecule has 0 aliphatic carbocycles. The van der Waals surface area contributed by atoms with E-state index < -0.39 is 0 Å². The van der Waals surface area contributed by atoms with Gasteiger partial charge in [0.05, 0.1) is 11.6 Å². The standard InChI is InChI=1S/C15H14N2O/c1-11(17)13-3-2-4-15(9-13)18-14-7-5-12(10-16)6-8-14/h2-9,11H,17H2,1H3. The molecule has 0 bridgehead atoms. The number of rotatable bonds is 3. The van der Waals surface area contributed by atoms with E-state index in [9.17, 15) is 0 Å². The number of nitriles is 1. The van der Waals surface area contributed by atoms with E-state index in [0.717, 1.165) is 11.3 Å². The Morgan fingerprint density at radius 3 is 2.44 bits per heavy atom. The van der Waals surface area contributed by atoms with Crippen molar-refractivity contribution in [3.8, 4) is 17.6 Å². The summed E-state index contributed by atoms with van der Waals surface area (Å²) in [5, 5.41) is 8.71. The number of benzene rings is 2. The quantitative estimate of drug-likeness (QED) is 0.891. The van der Waals surface area contributed by atoms with Gasteiger partial charge in [0.1, 0.15) is 11.5 Å². The first-order valence-electron chi connectivity index (χ1n) is 5.72. The molecule has 2 aromatic rings. The summed E-state index contributed by atoms with van der Waals surface area (Å²) in [5.74, 6) is 1.45. The summed E-state index contributed by atoms with van der Waals surface area (Å²) < 4.78 is 5.70. The van der Waals surface area contributed by atoms with Crippen molar-refractivity contribution in [3.05, 3.63) is 59.7 Å². The zero-order valence-electron chi connectivity index (χ0n) is 10.1. The highest BCUT2D eigenvalue weighted by atomic mass is 16.5. The van der Waals surface area contributed by atoms with E-state index in [4.69, 9.17) is 15.7 Å². The monoisotopic (exact) mass is 238 g/mol. The fourth-order valence-electron chi connectivity index (χ4n) is 1.59. The number of hydrogen-bond donors (Lipinski definition) is 1. The van der Waals surface area contributed by atoms with Crippen LogP contribution in [0, 0.1) is 11.3 Å². The Bertz CT molecular complexity index is 568. The van der Waals surface area contributed by atoms with Gasteiger partial charge in [-0.2, -0.15) is 5.26 Å². The SMILES string of the molecule is CC(N)c1cccc(Oc2ccc(C#N)cc2)c1. The van der Waals surface area contributed by atoms with Crippen LogP contribution in [0.15, 0.2) is 48.5 Å². The number of nitrogens with zero attached hydrogens (tertiary/aromatic N) is 1. The Labute approximate surface area is 106 Å². The Balaban J connectivity index is 2.18. The Morgan fingerprint density at radius 2 is 1.83 bits per heavy atom. The van der Waals surface area contributed by atoms with Crippen LogP contribution in [-0.4, -0.2) is 0 Å². The van der Waals surface area contributed by atoms with Gasteiger partial charge < -0.3 is 10.5 Å². The lowest BCUT2D eigenvalue weighted by atomic mass is 10.1. The van der Waals surface area contributed by atoms with Crippen LogP contribution in [-0.2, 0) is 0 Å². The molecule has 0 saturated heterocycles. The molecule has 0 aliphatic rings. The molecule has 1 atom stereocenters. The maximum absolute atomic E-state index is 8.71. The first-order valence-corrected chi connectivity index (χ1v) is 5.72. The van der Waals surface area contributed by atoms with Crippen LogP contribution in [0.2, 0.25) is 0 Å². The van der Waals surface area contributed by atoms with Gasteiger partial charge in [0.25, 0.3) is 0 Å². The van der Waals surface area contributed by atoms with E-state index in [1.807, 2.05) is 31.2 Å². The first kappa shape index (κ1) is 12.2. The topological polar surface area (TPSA) is 59.0 Å². The second kappa shape index (κ2) is 5.35. The van der Waals surface area contributed by atoms with Gasteiger partial charge in [0.2, 0.25) is 0 Å². The number of nitrogens with two attached hydrogens (primary N) is 1. The predicted molar refractivity (Wildman–Crippen MR) is 70.3 cm³/mol. The van der Waals surface area contributed by atoms with E-state index in [0.29, 0.717) is 11.3 Å². The minimum absolute atomic E-state index is 0.0190. The largest absolute Gasteiger partial charge is 0.457 e. The van der Waals surface area contributed by atoms with E-state index in [2.05, 4.69) is 6.07 Å². The van der Waals surface area contributed by atoms with Crippen LogP contribution >= 0.6 is 0 Å². The second-order valence-corrected chi connectivity index (χ2v) is 4.10. The van der Waals surface area contributed by atoms with Crippen LogP contribution in [0.1, 0.15) is 24.1 Å². The molecule has 0 aliphatic heterocycles. The van der Waals surface area contributed by atoms with Gasteiger partial charge in [-0.3, -0.25) is 0 Å². The van der Waals surface area contributed by atoms with Crippen molar-refractivity contribution in [2.45, 2.75) is 13.0 Å². The average molecular weight is 238 g/mol. The van der Waals surface area contributed by atoms with Gasteiger partial charge in [-0.25, -0.2) is 0 Å². The smallest absolute Gasteiger partial charge is 0.127 e. The Morgan fingerprint density at radius 1 is 1.11 bits per heavy atom. The molecule has 0 spiro atoms. The summed E-state index contributed by atoms with van der Waals surface area (Å²) in [6.07, 6.45) is 0. The van der Waals surface area contributed by atoms with E-state index in [1.165, 1.54) is 0 Å². The zero-order valence-corrected chi connectivity index (χ0v) is 10.1. The Kier molecular flexibility index (Phi) is 3.61. The lowest BCUT2D eigenvalue weighted by molar-refractivity contribution is 0.481. The molecule has 0 radical (unpaired) electrons. The molecular formula is C15H14N2O. The van der Waals surface area contributed by atoms with Crippen LogP contribution in [0.3, 0.4) is 0 Å². The number of ether oxygens (including phenoxy) is 1. The summed E-state index contributed by atoms with van der Waals surface area (Å²) in [4.78, 5) is 0.